The van der Waals surface area contributed by atoms with Gasteiger partial charge in [-0.2, -0.15) is 0 Å². The van der Waals surface area contributed by atoms with Crippen molar-refractivity contribution in [3.05, 3.63) is 0 Å². The molecule has 3 fully saturated rings. The lowest BCUT2D eigenvalue weighted by Crippen LogP contribution is -2.56. The first-order chi connectivity index (χ1) is 7.26. The molecule has 0 aliphatic carbocycles. The van der Waals surface area contributed by atoms with E-state index in [1.54, 1.807) is 7.11 Å². The van der Waals surface area contributed by atoms with Crippen molar-refractivity contribution in [1.82, 2.24) is 4.90 Å². The number of methoxy groups -OCH3 is 2. The topological polar surface area (TPSA) is 38.8 Å². The van der Waals surface area contributed by atoms with Crippen molar-refractivity contribution in [2.45, 2.75) is 18.9 Å². The maximum Gasteiger partial charge on any atom is 0.310 e. The molecule has 0 N–H and O–H groups in total. The lowest BCUT2D eigenvalue weighted by Gasteiger charge is -2.48. The highest BCUT2D eigenvalue weighted by atomic mass is 16.5. The molecular formula is C11H19NO3. The normalized spacial score (nSPS) is 39.1. The van der Waals surface area contributed by atoms with E-state index in [0.717, 1.165) is 32.5 Å². The molecule has 86 valence electrons. The Bertz CT molecular complexity index is 244. The fourth-order valence-corrected chi connectivity index (χ4v) is 2.92. The molecule has 4 unspecified atom stereocenters. The number of hydrogen-bond donors (Lipinski definition) is 0. The smallest absolute Gasteiger partial charge is 0.310 e. The van der Waals surface area contributed by atoms with E-state index in [2.05, 4.69) is 4.90 Å². The van der Waals surface area contributed by atoms with E-state index in [9.17, 15) is 4.79 Å². The zero-order valence-corrected chi connectivity index (χ0v) is 9.44. The maximum absolute atomic E-state index is 11.5. The summed E-state index contributed by atoms with van der Waals surface area (Å²) in [5.74, 6) is 0.556. The lowest BCUT2D eigenvalue weighted by atomic mass is 9.76. The van der Waals surface area contributed by atoms with Gasteiger partial charge in [0.15, 0.2) is 0 Å². The van der Waals surface area contributed by atoms with Crippen LogP contribution >= 0.6 is 0 Å². The number of nitrogens with zero attached hydrogens (tertiary/aromatic N) is 1. The molecule has 0 aromatic heterocycles. The van der Waals surface area contributed by atoms with Gasteiger partial charge in [0.25, 0.3) is 0 Å². The highest BCUT2D eigenvalue weighted by molar-refractivity contribution is 5.73. The maximum atomic E-state index is 11.5. The van der Waals surface area contributed by atoms with Crippen LogP contribution in [0.5, 0.6) is 0 Å². The van der Waals surface area contributed by atoms with Crippen LogP contribution in [0.2, 0.25) is 0 Å². The number of esters is 1. The van der Waals surface area contributed by atoms with Crippen LogP contribution in [0.3, 0.4) is 0 Å². The van der Waals surface area contributed by atoms with Crippen LogP contribution in [-0.2, 0) is 14.3 Å². The molecule has 0 aromatic carbocycles. The Labute approximate surface area is 90.5 Å². The second-order valence-electron chi connectivity index (χ2n) is 4.52. The van der Waals surface area contributed by atoms with Crippen molar-refractivity contribution in [2.24, 2.45) is 11.8 Å². The summed E-state index contributed by atoms with van der Waals surface area (Å²) in [7, 11) is 3.22. The molecule has 3 rings (SSSR count). The van der Waals surface area contributed by atoms with Gasteiger partial charge in [0.05, 0.1) is 19.6 Å². The van der Waals surface area contributed by atoms with Crippen molar-refractivity contribution in [3.63, 3.8) is 0 Å². The summed E-state index contributed by atoms with van der Waals surface area (Å²) in [4.78, 5) is 13.9. The third-order valence-corrected chi connectivity index (χ3v) is 3.74. The average molecular weight is 213 g/mol. The molecule has 4 heteroatoms. The summed E-state index contributed by atoms with van der Waals surface area (Å²) in [6.45, 7) is 2.74. The summed E-state index contributed by atoms with van der Waals surface area (Å²) in [5.41, 5.74) is 0. The first-order valence-corrected chi connectivity index (χ1v) is 5.57. The van der Waals surface area contributed by atoms with Crippen LogP contribution in [0.1, 0.15) is 12.8 Å². The van der Waals surface area contributed by atoms with Crippen LogP contribution in [0.4, 0.5) is 0 Å². The lowest BCUT2D eigenvalue weighted by molar-refractivity contribution is -0.154. The Kier molecular flexibility index (Phi) is 3.26. The van der Waals surface area contributed by atoms with Gasteiger partial charge in [-0.25, -0.2) is 0 Å². The summed E-state index contributed by atoms with van der Waals surface area (Å²) in [6.07, 6.45) is 2.20. The third-order valence-electron chi connectivity index (χ3n) is 3.74. The molecule has 3 aliphatic heterocycles. The summed E-state index contributed by atoms with van der Waals surface area (Å²) in [5, 5.41) is 0. The van der Waals surface area contributed by atoms with E-state index in [1.165, 1.54) is 7.11 Å². The number of fused-ring (bicyclic) bond motifs is 3. The molecule has 0 saturated carbocycles. The largest absolute Gasteiger partial charge is 0.469 e. The number of hydrogen-bond acceptors (Lipinski definition) is 4. The van der Waals surface area contributed by atoms with E-state index in [4.69, 9.17) is 9.47 Å². The minimum atomic E-state index is -0.0411. The minimum Gasteiger partial charge on any atom is -0.469 e. The van der Waals surface area contributed by atoms with Gasteiger partial charge in [-0.15, -0.1) is 0 Å². The Morgan fingerprint density at radius 2 is 2.27 bits per heavy atom. The predicted octanol–water partition coefficient (Wildman–Crippen LogP) is 0.516. The van der Waals surface area contributed by atoms with Crippen molar-refractivity contribution in [1.29, 1.82) is 0 Å². The first-order valence-electron chi connectivity index (χ1n) is 5.57. The average Bonchev–Trinajstić information content (AvgIpc) is 2.29. The van der Waals surface area contributed by atoms with Crippen LogP contribution in [-0.4, -0.2) is 50.8 Å². The molecule has 15 heavy (non-hydrogen) atoms. The van der Waals surface area contributed by atoms with E-state index in [1.807, 2.05) is 0 Å². The molecule has 0 aromatic rings. The summed E-state index contributed by atoms with van der Waals surface area (Å²) < 4.78 is 10.0. The minimum absolute atomic E-state index is 0.0411. The number of piperidine rings is 3. The molecule has 3 saturated heterocycles. The third kappa shape index (κ3) is 2.01. The van der Waals surface area contributed by atoms with Gasteiger partial charge in [-0.05, 0) is 25.3 Å². The fourth-order valence-electron chi connectivity index (χ4n) is 2.92. The van der Waals surface area contributed by atoms with Gasteiger partial charge in [-0.1, -0.05) is 0 Å². The van der Waals surface area contributed by atoms with Crippen LogP contribution in [0, 0.1) is 11.8 Å². The van der Waals surface area contributed by atoms with E-state index in [0.29, 0.717) is 12.0 Å². The number of carbonyl (C=O) groups excluding carboxylic acids is 1. The predicted molar refractivity (Wildman–Crippen MR) is 55.5 cm³/mol. The van der Waals surface area contributed by atoms with Crippen LogP contribution in [0.25, 0.3) is 0 Å². The Hall–Kier alpha value is -0.610. The second kappa shape index (κ2) is 4.49. The van der Waals surface area contributed by atoms with Gasteiger partial charge < -0.3 is 9.47 Å². The van der Waals surface area contributed by atoms with Gasteiger partial charge in [-0.3, -0.25) is 9.69 Å². The number of carbonyl (C=O) groups is 1. The molecule has 3 heterocycles. The molecule has 4 nitrogen and oxygen atoms in total. The molecule has 0 amide bonds. The molecule has 0 radical (unpaired) electrons. The van der Waals surface area contributed by atoms with Gasteiger partial charge in [0.2, 0.25) is 0 Å². The Balaban J connectivity index is 1.99. The number of ether oxygens (including phenoxy) is 2. The van der Waals surface area contributed by atoms with Crippen LogP contribution in [0.15, 0.2) is 0 Å². The zero-order chi connectivity index (χ0) is 10.8. The van der Waals surface area contributed by atoms with Crippen molar-refractivity contribution in [3.8, 4) is 0 Å². The Morgan fingerprint density at radius 1 is 1.47 bits per heavy atom. The van der Waals surface area contributed by atoms with Crippen molar-refractivity contribution >= 4 is 5.97 Å². The summed E-state index contributed by atoms with van der Waals surface area (Å²) >= 11 is 0. The van der Waals surface area contributed by atoms with Gasteiger partial charge in [0.1, 0.15) is 0 Å². The second-order valence-corrected chi connectivity index (χ2v) is 4.52. The van der Waals surface area contributed by atoms with E-state index in [-0.39, 0.29) is 11.9 Å². The van der Waals surface area contributed by atoms with E-state index >= 15 is 0 Å². The molecular weight excluding hydrogens is 194 g/mol. The van der Waals surface area contributed by atoms with Gasteiger partial charge in [0, 0.05) is 19.7 Å². The first kappa shape index (κ1) is 10.9. The fraction of sp³-hybridized carbons (Fsp3) is 0.909. The molecule has 2 bridgehead atoms. The number of rotatable bonds is 3. The van der Waals surface area contributed by atoms with Gasteiger partial charge >= 0.3 is 5.97 Å². The molecule has 4 atom stereocenters. The highest BCUT2D eigenvalue weighted by Crippen LogP contribution is 2.36. The highest BCUT2D eigenvalue weighted by Gasteiger charge is 2.43. The monoisotopic (exact) mass is 213 g/mol. The zero-order valence-electron chi connectivity index (χ0n) is 9.44. The van der Waals surface area contributed by atoms with Crippen LogP contribution < -0.4 is 0 Å². The standard InChI is InChI=1S/C11H19NO3/c1-14-7-9-5-8-3-4-12(9)6-10(8)11(13)15-2/h8-10H,3-7H2,1-2H3. The quantitative estimate of drug-likeness (QED) is 0.641. The molecule has 0 spiro atoms. The Morgan fingerprint density at radius 3 is 2.80 bits per heavy atom. The van der Waals surface area contributed by atoms with Crippen molar-refractivity contribution in [2.75, 3.05) is 33.9 Å². The summed E-state index contributed by atoms with van der Waals surface area (Å²) in [6, 6.07) is 0.509. The SMILES string of the molecule is COCC1CC2CCN1CC2C(=O)OC. The van der Waals surface area contributed by atoms with Crippen molar-refractivity contribution < 1.29 is 14.3 Å². The molecule has 3 aliphatic rings. The van der Waals surface area contributed by atoms with E-state index < -0.39 is 0 Å².